The van der Waals surface area contributed by atoms with Gasteiger partial charge in [0.15, 0.2) is 17.5 Å². The molecule has 106 valence electrons. The van der Waals surface area contributed by atoms with Crippen LogP contribution in [0.25, 0.3) is 21.9 Å². The van der Waals surface area contributed by atoms with Gasteiger partial charge in [-0.1, -0.05) is 43.3 Å². The maximum atomic E-state index is 13.4. The molecule has 0 bridgehead atoms. The Labute approximate surface area is 120 Å². The van der Waals surface area contributed by atoms with Crippen molar-refractivity contribution in [1.82, 2.24) is 0 Å². The van der Waals surface area contributed by atoms with Crippen molar-refractivity contribution < 1.29 is 13.2 Å². The van der Waals surface area contributed by atoms with Crippen molar-refractivity contribution in [3.63, 3.8) is 0 Å². The van der Waals surface area contributed by atoms with Gasteiger partial charge in [-0.2, -0.15) is 0 Å². The Morgan fingerprint density at radius 3 is 2.24 bits per heavy atom. The van der Waals surface area contributed by atoms with E-state index in [0.717, 1.165) is 29.3 Å². The molecule has 0 nitrogen and oxygen atoms in total. The van der Waals surface area contributed by atoms with Crippen LogP contribution in [0.15, 0.2) is 48.5 Å². The van der Waals surface area contributed by atoms with Crippen molar-refractivity contribution >= 4 is 10.8 Å². The Bertz CT molecular complexity index is 799. The first-order chi connectivity index (χ1) is 10.1. The molecule has 0 heterocycles. The molecule has 0 spiro atoms. The van der Waals surface area contributed by atoms with Gasteiger partial charge in [-0.25, -0.2) is 13.2 Å². The van der Waals surface area contributed by atoms with Crippen LogP contribution in [0.1, 0.15) is 12.5 Å². The van der Waals surface area contributed by atoms with Crippen molar-refractivity contribution in [3.05, 3.63) is 71.5 Å². The standard InChI is InChI=1S/C18H13F3/c1-2-11-6-7-15-12(8-11)4-3-5-14(15)13-9-16(19)18(21)17(20)10-13/h3-10H,2H2,1H3. The lowest BCUT2D eigenvalue weighted by Crippen LogP contribution is -1.92. The predicted molar refractivity (Wildman–Crippen MR) is 78.6 cm³/mol. The number of halogens is 3. The molecule has 21 heavy (non-hydrogen) atoms. The molecule has 3 aromatic rings. The SMILES string of the molecule is CCc1ccc2c(-c3cc(F)c(F)c(F)c3)cccc2c1. The molecule has 0 aliphatic rings. The number of aryl methyl sites for hydroxylation is 1. The Morgan fingerprint density at radius 2 is 1.57 bits per heavy atom. The van der Waals surface area contributed by atoms with E-state index in [1.54, 1.807) is 6.07 Å². The summed E-state index contributed by atoms with van der Waals surface area (Å²) < 4.78 is 39.9. The average molecular weight is 286 g/mol. The van der Waals surface area contributed by atoms with Gasteiger partial charge in [0.2, 0.25) is 0 Å². The Morgan fingerprint density at radius 1 is 0.857 bits per heavy atom. The van der Waals surface area contributed by atoms with E-state index in [4.69, 9.17) is 0 Å². The monoisotopic (exact) mass is 286 g/mol. The molecule has 0 aromatic heterocycles. The van der Waals surface area contributed by atoms with Gasteiger partial charge < -0.3 is 0 Å². The van der Waals surface area contributed by atoms with E-state index in [-0.39, 0.29) is 0 Å². The molecule has 3 aromatic carbocycles. The molecule has 0 N–H and O–H groups in total. The quantitative estimate of drug-likeness (QED) is 0.547. The van der Waals surface area contributed by atoms with Gasteiger partial charge in [-0.05, 0) is 46.0 Å². The molecular formula is C18H13F3. The third-order valence-corrected chi connectivity index (χ3v) is 3.65. The molecule has 0 radical (unpaired) electrons. The van der Waals surface area contributed by atoms with Crippen LogP contribution in [-0.4, -0.2) is 0 Å². The number of fused-ring (bicyclic) bond motifs is 1. The third-order valence-electron chi connectivity index (χ3n) is 3.65. The first-order valence-electron chi connectivity index (χ1n) is 6.76. The van der Waals surface area contributed by atoms with E-state index in [1.165, 1.54) is 5.56 Å². The number of hydrogen-bond donors (Lipinski definition) is 0. The van der Waals surface area contributed by atoms with Gasteiger partial charge in [0, 0.05) is 0 Å². The van der Waals surface area contributed by atoms with Crippen molar-refractivity contribution in [2.75, 3.05) is 0 Å². The minimum absolute atomic E-state index is 0.334. The van der Waals surface area contributed by atoms with E-state index < -0.39 is 17.5 Å². The highest BCUT2D eigenvalue weighted by atomic mass is 19.2. The van der Waals surface area contributed by atoms with Gasteiger partial charge in [-0.15, -0.1) is 0 Å². The highest BCUT2D eigenvalue weighted by Gasteiger charge is 2.13. The Kier molecular flexibility index (Phi) is 3.42. The van der Waals surface area contributed by atoms with E-state index in [0.29, 0.717) is 11.1 Å². The number of hydrogen-bond acceptors (Lipinski definition) is 0. The van der Waals surface area contributed by atoms with Gasteiger partial charge >= 0.3 is 0 Å². The second-order valence-electron chi connectivity index (χ2n) is 4.97. The van der Waals surface area contributed by atoms with Gasteiger partial charge in [0.1, 0.15) is 0 Å². The fourth-order valence-electron chi connectivity index (χ4n) is 2.52. The van der Waals surface area contributed by atoms with Gasteiger partial charge in [-0.3, -0.25) is 0 Å². The first kappa shape index (κ1) is 13.7. The van der Waals surface area contributed by atoms with Crippen LogP contribution < -0.4 is 0 Å². The molecule has 0 unspecified atom stereocenters. The number of benzene rings is 3. The lowest BCUT2D eigenvalue weighted by molar-refractivity contribution is 0.448. The molecule has 0 fully saturated rings. The third kappa shape index (κ3) is 2.40. The van der Waals surface area contributed by atoms with Crippen molar-refractivity contribution in [3.8, 4) is 11.1 Å². The van der Waals surface area contributed by atoms with Crippen LogP contribution in [0, 0.1) is 17.5 Å². The summed E-state index contributed by atoms with van der Waals surface area (Å²) in [5.41, 5.74) is 2.21. The summed E-state index contributed by atoms with van der Waals surface area (Å²) in [6.07, 6.45) is 0.917. The van der Waals surface area contributed by atoms with Crippen molar-refractivity contribution in [1.29, 1.82) is 0 Å². The van der Waals surface area contributed by atoms with Crippen LogP contribution in [0.2, 0.25) is 0 Å². The summed E-state index contributed by atoms with van der Waals surface area (Å²) in [6.45, 7) is 2.07. The van der Waals surface area contributed by atoms with Crippen molar-refractivity contribution in [2.45, 2.75) is 13.3 Å². The molecule has 0 saturated carbocycles. The van der Waals surface area contributed by atoms with Crippen molar-refractivity contribution in [2.24, 2.45) is 0 Å². The molecule has 3 heteroatoms. The number of rotatable bonds is 2. The summed E-state index contributed by atoms with van der Waals surface area (Å²) >= 11 is 0. The molecule has 0 aliphatic heterocycles. The van der Waals surface area contributed by atoms with Crippen LogP contribution in [0.5, 0.6) is 0 Å². The van der Waals surface area contributed by atoms with Gasteiger partial charge in [0.25, 0.3) is 0 Å². The molecule has 0 atom stereocenters. The minimum Gasteiger partial charge on any atom is -0.204 e. The van der Waals surface area contributed by atoms with Crippen LogP contribution in [0.4, 0.5) is 13.2 Å². The second kappa shape index (κ2) is 5.24. The van der Waals surface area contributed by atoms with E-state index >= 15 is 0 Å². The molecule has 3 rings (SSSR count). The topological polar surface area (TPSA) is 0 Å². The summed E-state index contributed by atoms with van der Waals surface area (Å²) in [4.78, 5) is 0. The van der Waals surface area contributed by atoms with E-state index in [1.807, 2.05) is 24.3 Å². The zero-order valence-electron chi connectivity index (χ0n) is 11.5. The smallest absolute Gasteiger partial charge is 0.194 e. The van der Waals surface area contributed by atoms with Crippen LogP contribution >= 0.6 is 0 Å². The predicted octanol–water partition coefficient (Wildman–Crippen LogP) is 5.49. The van der Waals surface area contributed by atoms with E-state index in [9.17, 15) is 13.2 Å². The molecular weight excluding hydrogens is 273 g/mol. The summed E-state index contributed by atoms with van der Waals surface area (Å²) in [7, 11) is 0. The first-order valence-corrected chi connectivity index (χ1v) is 6.76. The minimum atomic E-state index is -1.44. The fraction of sp³-hybridized carbons (Fsp3) is 0.111. The average Bonchev–Trinajstić information content (AvgIpc) is 2.51. The molecule has 0 amide bonds. The van der Waals surface area contributed by atoms with Crippen LogP contribution in [-0.2, 0) is 6.42 Å². The van der Waals surface area contributed by atoms with Gasteiger partial charge in [0.05, 0.1) is 0 Å². The maximum absolute atomic E-state index is 13.4. The second-order valence-corrected chi connectivity index (χ2v) is 4.97. The summed E-state index contributed by atoms with van der Waals surface area (Å²) in [5.74, 6) is -3.79. The zero-order chi connectivity index (χ0) is 15.0. The Hall–Kier alpha value is -2.29. The van der Waals surface area contributed by atoms with Crippen LogP contribution in [0.3, 0.4) is 0 Å². The Balaban J connectivity index is 2.25. The highest BCUT2D eigenvalue weighted by Crippen LogP contribution is 2.31. The lowest BCUT2D eigenvalue weighted by Gasteiger charge is -2.09. The zero-order valence-corrected chi connectivity index (χ0v) is 11.5. The summed E-state index contributed by atoms with van der Waals surface area (Å²) in [5, 5.41) is 1.89. The molecule has 0 saturated heterocycles. The highest BCUT2D eigenvalue weighted by molar-refractivity contribution is 5.97. The normalized spacial score (nSPS) is 11.0. The lowest BCUT2D eigenvalue weighted by atomic mass is 9.96. The molecule has 0 aliphatic carbocycles. The largest absolute Gasteiger partial charge is 0.204 e. The fourth-order valence-corrected chi connectivity index (χ4v) is 2.52. The maximum Gasteiger partial charge on any atom is 0.194 e. The summed E-state index contributed by atoms with van der Waals surface area (Å²) in [6, 6.07) is 13.6. The van der Waals surface area contributed by atoms with E-state index in [2.05, 4.69) is 13.0 Å².